The summed E-state index contributed by atoms with van der Waals surface area (Å²) in [5.41, 5.74) is 0.308. The number of amides is 1. The smallest absolute Gasteiger partial charge is 0.224 e. The van der Waals surface area contributed by atoms with Gasteiger partial charge >= 0.3 is 0 Å². The second kappa shape index (κ2) is 7.01. The number of carbonyl (C=O) groups excluding carboxylic acids is 1. The maximum Gasteiger partial charge on any atom is 0.224 e. The minimum atomic E-state index is 0. The van der Waals surface area contributed by atoms with Gasteiger partial charge in [0.1, 0.15) is 0 Å². The zero-order chi connectivity index (χ0) is 12.3. The molecule has 0 saturated carbocycles. The molecule has 0 aromatic carbocycles. The summed E-state index contributed by atoms with van der Waals surface area (Å²) in [6.07, 6.45) is 3.09. The van der Waals surface area contributed by atoms with Crippen molar-refractivity contribution < 1.29 is 4.79 Å². The Morgan fingerprint density at radius 2 is 2.28 bits per heavy atom. The quantitative estimate of drug-likeness (QED) is 0.846. The van der Waals surface area contributed by atoms with E-state index in [-0.39, 0.29) is 12.4 Å². The molecule has 2 heterocycles. The molecule has 2 fully saturated rings. The zero-order valence-electron chi connectivity index (χ0n) is 11.4. The first-order chi connectivity index (χ1) is 8.07. The molecule has 2 rings (SSSR count). The fourth-order valence-electron chi connectivity index (χ4n) is 2.73. The minimum absolute atomic E-state index is 0. The highest BCUT2D eigenvalue weighted by Gasteiger charge is 2.30. The van der Waals surface area contributed by atoms with E-state index in [4.69, 9.17) is 0 Å². The van der Waals surface area contributed by atoms with E-state index >= 15 is 0 Å². The third-order valence-corrected chi connectivity index (χ3v) is 4.80. The summed E-state index contributed by atoms with van der Waals surface area (Å²) < 4.78 is 0. The van der Waals surface area contributed by atoms with Crippen LogP contribution >= 0.6 is 24.2 Å². The first-order valence-electron chi connectivity index (χ1n) is 6.66. The SMILES string of the molecule is CC1(C)CCCN(C(=O)CC2CSCCN2)C1.Cl. The highest BCUT2D eigenvalue weighted by atomic mass is 35.5. The lowest BCUT2D eigenvalue weighted by Crippen LogP contribution is -2.47. The molecule has 0 aromatic rings. The van der Waals surface area contributed by atoms with Crippen molar-refractivity contribution in [1.29, 1.82) is 0 Å². The molecule has 1 atom stereocenters. The molecule has 3 nitrogen and oxygen atoms in total. The average molecular weight is 293 g/mol. The molecule has 1 unspecified atom stereocenters. The van der Waals surface area contributed by atoms with Crippen LogP contribution in [-0.2, 0) is 4.79 Å². The van der Waals surface area contributed by atoms with E-state index < -0.39 is 0 Å². The Hall–Kier alpha value is 0.0700. The maximum atomic E-state index is 12.2. The Morgan fingerprint density at radius 1 is 1.50 bits per heavy atom. The number of rotatable bonds is 2. The normalized spacial score (nSPS) is 27.4. The van der Waals surface area contributed by atoms with Gasteiger partial charge in [-0.15, -0.1) is 12.4 Å². The van der Waals surface area contributed by atoms with Crippen LogP contribution in [0.2, 0.25) is 0 Å². The second-order valence-corrected chi connectivity index (χ2v) is 7.16. The minimum Gasteiger partial charge on any atom is -0.342 e. The molecule has 1 amide bonds. The van der Waals surface area contributed by atoms with Crippen molar-refractivity contribution in [3.05, 3.63) is 0 Å². The van der Waals surface area contributed by atoms with E-state index in [1.807, 2.05) is 11.8 Å². The Balaban J connectivity index is 0.00000162. The lowest BCUT2D eigenvalue weighted by Gasteiger charge is -2.38. The van der Waals surface area contributed by atoms with Gasteiger partial charge in [0.05, 0.1) is 0 Å². The van der Waals surface area contributed by atoms with Gasteiger partial charge in [0.2, 0.25) is 5.91 Å². The van der Waals surface area contributed by atoms with Crippen molar-refractivity contribution in [1.82, 2.24) is 10.2 Å². The lowest BCUT2D eigenvalue weighted by molar-refractivity contribution is -0.134. The Kier molecular flexibility index (Phi) is 6.28. The highest BCUT2D eigenvalue weighted by Crippen LogP contribution is 2.28. The van der Waals surface area contributed by atoms with Gasteiger partial charge in [-0.05, 0) is 18.3 Å². The van der Waals surface area contributed by atoms with Crippen LogP contribution in [0.15, 0.2) is 0 Å². The van der Waals surface area contributed by atoms with Crippen LogP contribution in [-0.4, -0.2) is 48.0 Å². The summed E-state index contributed by atoms with van der Waals surface area (Å²) in [5, 5.41) is 3.44. The number of nitrogens with one attached hydrogen (secondary N) is 1. The number of piperidine rings is 1. The van der Waals surface area contributed by atoms with Crippen molar-refractivity contribution in [3.8, 4) is 0 Å². The standard InChI is InChI=1S/C13H24N2OS.ClH/c1-13(2)4-3-6-15(10-13)12(16)8-11-9-17-7-5-14-11;/h11,14H,3-10H2,1-2H3;1H. The highest BCUT2D eigenvalue weighted by molar-refractivity contribution is 7.99. The van der Waals surface area contributed by atoms with Crippen molar-refractivity contribution in [3.63, 3.8) is 0 Å². The van der Waals surface area contributed by atoms with Gasteiger partial charge in [0.15, 0.2) is 0 Å². The summed E-state index contributed by atoms with van der Waals surface area (Å²) in [7, 11) is 0. The maximum absolute atomic E-state index is 12.2. The van der Waals surface area contributed by atoms with Crippen molar-refractivity contribution in [2.45, 2.75) is 39.2 Å². The van der Waals surface area contributed by atoms with E-state index in [0.29, 0.717) is 23.8 Å². The number of carbonyl (C=O) groups is 1. The molecule has 18 heavy (non-hydrogen) atoms. The first-order valence-corrected chi connectivity index (χ1v) is 7.81. The first kappa shape index (κ1) is 16.1. The predicted octanol–water partition coefficient (Wildman–Crippen LogP) is 2.15. The van der Waals surface area contributed by atoms with E-state index in [0.717, 1.165) is 31.8 Å². The second-order valence-electron chi connectivity index (χ2n) is 6.01. The van der Waals surface area contributed by atoms with E-state index in [2.05, 4.69) is 24.1 Å². The van der Waals surface area contributed by atoms with Gasteiger partial charge in [-0.1, -0.05) is 13.8 Å². The Labute approximate surface area is 121 Å². The molecule has 2 aliphatic heterocycles. The van der Waals surface area contributed by atoms with Gasteiger partial charge in [-0.25, -0.2) is 0 Å². The molecule has 106 valence electrons. The molecule has 0 radical (unpaired) electrons. The number of likely N-dealkylation sites (tertiary alicyclic amines) is 1. The molecule has 0 bridgehead atoms. The van der Waals surface area contributed by atoms with E-state index in [1.165, 1.54) is 12.2 Å². The number of halogens is 1. The van der Waals surface area contributed by atoms with Crippen LogP contribution < -0.4 is 5.32 Å². The summed E-state index contributed by atoms with van der Waals surface area (Å²) >= 11 is 1.96. The van der Waals surface area contributed by atoms with Gasteiger partial charge in [0, 0.05) is 43.6 Å². The Bertz CT molecular complexity index is 280. The third-order valence-electron chi connectivity index (χ3n) is 3.67. The van der Waals surface area contributed by atoms with E-state index in [1.54, 1.807) is 0 Å². The fourth-order valence-corrected chi connectivity index (χ4v) is 3.68. The fraction of sp³-hybridized carbons (Fsp3) is 0.923. The largest absolute Gasteiger partial charge is 0.342 e. The summed E-state index contributed by atoms with van der Waals surface area (Å²) in [4.78, 5) is 14.3. The van der Waals surface area contributed by atoms with Crippen LogP contribution in [0.4, 0.5) is 0 Å². The van der Waals surface area contributed by atoms with Gasteiger partial charge in [-0.3, -0.25) is 4.79 Å². The van der Waals surface area contributed by atoms with Crippen LogP contribution in [0.1, 0.15) is 33.1 Å². The molecule has 0 aliphatic carbocycles. The molecule has 2 aliphatic rings. The molecule has 0 spiro atoms. The van der Waals surface area contributed by atoms with Crippen molar-refractivity contribution >= 4 is 30.1 Å². The number of nitrogens with zero attached hydrogens (tertiary/aromatic N) is 1. The summed E-state index contributed by atoms with van der Waals surface area (Å²) in [5.74, 6) is 2.61. The monoisotopic (exact) mass is 292 g/mol. The molecular weight excluding hydrogens is 268 g/mol. The molecule has 2 saturated heterocycles. The summed E-state index contributed by atoms with van der Waals surface area (Å²) in [6.45, 7) is 7.48. The van der Waals surface area contributed by atoms with E-state index in [9.17, 15) is 4.79 Å². The molecule has 5 heteroatoms. The van der Waals surface area contributed by atoms with Gasteiger partial charge in [0.25, 0.3) is 0 Å². The van der Waals surface area contributed by atoms with Crippen LogP contribution in [0.3, 0.4) is 0 Å². The van der Waals surface area contributed by atoms with Crippen molar-refractivity contribution in [2.24, 2.45) is 5.41 Å². The van der Waals surface area contributed by atoms with Crippen LogP contribution in [0.25, 0.3) is 0 Å². The summed E-state index contributed by atoms with van der Waals surface area (Å²) in [6, 6.07) is 0.395. The van der Waals surface area contributed by atoms with Crippen LogP contribution in [0.5, 0.6) is 0 Å². The molecule has 1 N–H and O–H groups in total. The number of hydrogen-bond acceptors (Lipinski definition) is 3. The molecular formula is C13H25ClN2OS. The third kappa shape index (κ3) is 4.63. The van der Waals surface area contributed by atoms with Crippen molar-refractivity contribution in [2.75, 3.05) is 31.1 Å². The Morgan fingerprint density at radius 3 is 2.89 bits per heavy atom. The van der Waals surface area contributed by atoms with Gasteiger partial charge in [-0.2, -0.15) is 11.8 Å². The van der Waals surface area contributed by atoms with Crippen LogP contribution in [0, 0.1) is 5.41 Å². The lowest BCUT2D eigenvalue weighted by atomic mass is 9.84. The number of thioether (sulfide) groups is 1. The average Bonchev–Trinajstić information content (AvgIpc) is 2.29. The topological polar surface area (TPSA) is 32.3 Å². The predicted molar refractivity (Wildman–Crippen MR) is 80.6 cm³/mol. The zero-order valence-corrected chi connectivity index (χ0v) is 13.0. The molecule has 0 aromatic heterocycles. The number of hydrogen-bond donors (Lipinski definition) is 1. The van der Waals surface area contributed by atoms with Gasteiger partial charge < -0.3 is 10.2 Å².